The van der Waals surface area contributed by atoms with Crippen LogP contribution in [0.5, 0.6) is 5.75 Å². The first kappa shape index (κ1) is 33.7. The Morgan fingerprint density at radius 1 is 1.17 bits per heavy atom. The number of methoxy groups -OCH3 is 1. The van der Waals surface area contributed by atoms with E-state index >= 15 is 0 Å². The molecule has 1 aromatic heterocycles. The molecule has 2 aliphatic rings. The first-order chi connectivity index (χ1) is 21.7. The predicted molar refractivity (Wildman–Crippen MR) is 170 cm³/mol. The maximum absolute atomic E-state index is 14.2. The van der Waals surface area contributed by atoms with E-state index in [1.54, 1.807) is 31.3 Å². The van der Waals surface area contributed by atoms with Crippen molar-refractivity contribution >= 4 is 37.1 Å². The minimum Gasteiger partial charge on any atom is -0.495 e. The number of aliphatic hydroxyl groups is 1. The molecule has 0 bridgehead atoms. The zero-order chi connectivity index (χ0) is 33.4. The van der Waals surface area contributed by atoms with Crippen molar-refractivity contribution in [3.8, 4) is 5.75 Å². The molecule has 0 radical (unpaired) electrons. The van der Waals surface area contributed by atoms with E-state index in [1.807, 2.05) is 19.9 Å². The molecule has 2 heterocycles. The standard InChI is InChI=1S/C32H39F3N5O5P/c1-5-20(46(43)44)14-18-6-8-24(26(15-18)45-4)38-30-36-16-23(32(33,34)35)28(39-30)37-25-9-7-21(19-10-12-31(2,42)13-11-19)22-17-40(3)29(41)27(22)25/h6-9,15-16,19-20,42,46H,5,10-14,17H2,1-4H3,(H,43,44)(H2,36,37,38,39). The number of amides is 1. The molecule has 5 rings (SSSR count). The van der Waals surface area contributed by atoms with Crippen molar-refractivity contribution in [2.45, 2.75) is 82.3 Å². The van der Waals surface area contributed by atoms with Gasteiger partial charge in [-0.25, -0.2) is 4.98 Å². The second kappa shape index (κ2) is 13.2. The van der Waals surface area contributed by atoms with Crippen molar-refractivity contribution in [2.75, 3.05) is 24.8 Å². The molecule has 3 aromatic rings. The lowest BCUT2D eigenvalue weighted by molar-refractivity contribution is -0.137. The van der Waals surface area contributed by atoms with Crippen molar-refractivity contribution in [1.29, 1.82) is 0 Å². The SMILES string of the molecule is CCC(Cc1ccc(Nc2ncc(C(F)(F)F)c(Nc3ccc(C4CCC(C)(O)CC4)c4c3C(=O)N(C)C4)n2)c(OC)c1)[PH](=O)O. The average molecular weight is 662 g/mol. The number of benzene rings is 2. The first-order valence-corrected chi connectivity index (χ1v) is 16.7. The van der Waals surface area contributed by atoms with E-state index in [4.69, 9.17) is 4.74 Å². The van der Waals surface area contributed by atoms with Crippen LogP contribution in [0.4, 0.5) is 36.3 Å². The van der Waals surface area contributed by atoms with E-state index in [-0.39, 0.29) is 29.1 Å². The van der Waals surface area contributed by atoms with Crippen LogP contribution >= 0.6 is 8.03 Å². The van der Waals surface area contributed by atoms with Gasteiger partial charge in [-0.15, -0.1) is 0 Å². The van der Waals surface area contributed by atoms with Gasteiger partial charge in [0.25, 0.3) is 5.91 Å². The van der Waals surface area contributed by atoms with Gasteiger partial charge in [0, 0.05) is 25.4 Å². The van der Waals surface area contributed by atoms with Gasteiger partial charge in [-0.3, -0.25) is 9.36 Å². The van der Waals surface area contributed by atoms with Gasteiger partial charge in [0.2, 0.25) is 5.95 Å². The summed E-state index contributed by atoms with van der Waals surface area (Å²) in [6.45, 7) is 3.99. The summed E-state index contributed by atoms with van der Waals surface area (Å²) in [7, 11) is 0.363. The van der Waals surface area contributed by atoms with Crippen LogP contribution in [0.3, 0.4) is 0 Å². The number of aromatic nitrogens is 2. The Morgan fingerprint density at radius 3 is 2.50 bits per heavy atom. The van der Waals surface area contributed by atoms with Gasteiger partial charge in [-0.2, -0.15) is 18.2 Å². The van der Waals surface area contributed by atoms with Crippen molar-refractivity contribution in [1.82, 2.24) is 14.9 Å². The van der Waals surface area contributed by atoms with Gasteiger partial charge in [0.05, 0.1) is 29.6 Å². The Kier molecular flexibility index (Phi) is 9.68. The maximum atomic E-state index is 14.2. The Balaban J connectivity index is 1.47. The van der Waals surface area contributed by atoms with Crippen LogP contribution in [0.25, 0.3) is 0 Å². The molecule has 2 atom stereocenters. The molecule has 14 heteroatoms. The van der Waals surface area contributed by atoms with Gasteiger partial charge in [-0.1, -0.05) is 19.1 Å². The second-order valence-corrected chi connectivity index (χ2v) is 13.9. The predicted octanol–water partition coefficient (Wildman–Crippen LogP) is 6.77. The van der Waals surface area contributed by atoms with Crippen LogP contribution in [0.1, 0.15) is 84.5 Å². The van der Waals surface area contributed by atoms with Crippen molar-refractivity contribution in [2.24, 2.45) is 0 Å². The smallest absolute Gasteiger partial charge is 0.421 e. The number of halogens is 3. The third kappa shape index (κ3) is 7.16. The largest absolute Gasteiger partial charge is 0.495 e. The van der Waals surface area contributed by atoms with E-state index in [9.17, 15) is 32.5 Å². The van der Waals surface area contributed by atoms with E-state index in [0.717, 1.165) is 29.5 Å². The summed E-state index contributed by atoms with van der Waals surface area (Å²) in [5.41, 5.74) is 1.20. The summed E-state index contributed by atoms with van der Waals surface area (Å²) in [6, 6.07) is 8.56. The highest BCUT2D eigenvalue weighted by Crippen LogP contribution is 2.44. The summed E-state index contributed by atoms with van der Waals surface area (Å²) in [5.74, 6) is -0.479. The Morgan fingerprint density at radius 2 is 1.87 bits per heavy atom. The van der Waals surface area contributed by atoms with Crippen molar-refractivity contribution in [3.63, 3.8) is 0 Å². The first-order valence-electron chi connectivity index (χ1n) is 15.2. The lowest BCUT2D eigenvalue weighted by Gasteiger charge is -2.34. The number of nitrogens with one attached hydrogen (secondary N) is 2. The number of nitrogens with zero attached hydrogens (tertiary/aromatic N) is 3. The fraction of sp³-hybridized carbons (Fsp3) is 0.469. The molecule has 248 valence electrons. The topological polar surface area (TPSA) is 137 Å². The highest BCUT2D eigenvalue weighted by molar-refractivity contribution is 7.38. The number of hydrogen-bond donors (Lipinski definition) is 4. The molecule has 1 saturated carbocycles. The highest BCUT2D eigenvalue weighted by Gasteiger charge is 2.38. The maximum Gasteiger partial charge on any atom is 0.421 e. The lowest BCUT2D eigenvalue weighted by atomic mass is 9.75. The second-order valence-electron chi connectivity index (χ2n) is 12.4. The van der Waals surface area contributed by atoms with Gasteiger partial charge < -0.3 is 30.3 Å². The van der Waals surface area contributed by atoms with Gasteiger partial charge >= 0.3 is 6.18 Å². The molecule has 10 nitrogen and oxygen atoms in total. The third-order valence-electron chi connectivity index (χ3n) is 8.99. The monoisotopic (exact) mass is 661 g/mol. The minimum absolute atomic E-state index is 0.129. The zero-order valence-corrected chi connectivity index (χ0v) is 27.2. The van der Waals surface area contributed by atoms with E-state index in [0.29, 0.717) is 55.4 Å². The van der Waals surface area contributed by atoms with Gasteiger partial charge in [-0.05, 0) is 86.3 Å². The molecule has 1 aliphatic heterocycles. The molecule has 1 amide bonds. The Labute approximate surface area is 266 Å². The van der Waals surface area contributed by atoms with Crippen LogP contribution in [-0.2, 0) is 23.7 Å². The number of carbonyl (C=O) groups excluding carboxylic acids is 1. The molecular weight excluding hydrogens is 622 g/mol. The quantitative estimate of drug-likeness (QED) is 0.174. The van der Waals surface area contributed by atoms with Crippen LogP contribution in [0.2, 0.25) is 0 Å². The third-order valence-corrected chi connectivity index (χ3v) is 10.3. The van der Waals surface area contributed by atoms with Gasteiger partial charge in [0.15, 0.2) is 8.03 Å². The molecule has 1 fully saturated rings. The van der Waals surface area contributed by atoms with Crippen LogP contribution in [0, 0.1) is 0 Å². The van der Waals surface area contributed by atoms with E-state index in [2.05, 4.69) is 20.6 Å². The molecule has 46 heavy (non-hydrogen) atoms. The number of alkyl halides is 3. The van der Waals surface area contributed by atoms with E-state index < -0.39 is 31.2 Å². The number of ether oxygens (including phenoxy) is 1. The summed E-state index contributed by atoms with van der Waals surface area (Å²) < 4.78 is 59.6. The highest BCUT2D eigenvalue weighted by atomic mass is 31.1. The molecule has 0 saturated heterocycles. The average Bonchev–Trinajstić information content (AvgIpc) is 3.30. The fourth-order valence-corrected chi connectivity index (χ4v) is 7.02. The molecule has 0 spiro atoms. The Hall–Kier alpha value is -3.67. The Bertz CT molecular complexity index is 1640. The summed E-state index contributed by atoms with van der Waals surface area (Å²) in [4.78, 5) is 32.5. The number of carbonyl (C=O) groups is 1. The number of rotatable bonds is 10. The van der Waals surface area contributed by atoms with Crippen LogP contribution in [0.15, 0.2) is 36.5 Å². The molecule has 2 unspecified atom stereocenters. The van der Waals surface area contributed by atoms with Crippen molar-refractivity contribution < 1.29 is 37.3 Å². The molecular formula is C32H39F3N5O5P. The summed E-state index contributed by atoms with van der Waals surface area (Å²) in [6.07, 6.45) is -0.469. The number of anilines is 4. The summed E-state index contributed by atoms with van der Waals surface area (Å²) in [5, 5.41) is 16.1. The van der Waals surface area contributed by atoms with Crippen LogP contribution < -0.4 is 15.4 Å². The lowest BCUT2D eigenvalue weighted by Crippen LogP contribution is -2.29. The molecule has 2 aromatic carbocycles. The van der Waals surface area contributed by atoms with E-state index in [1.165, 1.54) is 12.0 Å². The number of hydrogen-bond acceptors (Lipinski definition) is 8. The molecule has 4 N–H and O–H groups in total. The zero-order valence-electron chi connectivity index (χ0n) is 26.2. The molecule has 1 aliphatic carbocycles. The number of fused-ring (bicyclic) bond motifs is 1. The fourth-order valence-electron chi connectivity index (χ4n) is 6.27. The minimum atomic E-state index is -4.78. The normalized spacial score (nSPS) is 21.1. The van der Waals surface area contributed by atoms with Crippen LogP contribution in [-0.4, -0.2) is 56.2 Å². The van der Waals surface area contributed by atoms with Gasteiger partial charge in [0.1, 0.15) is 17.1 Å². The van der Waals surface area contributed by atoms with Crippen molar-refractivity contribution in [3.05, 3.63) is 64.3 Å². The summed E-state index contributed by atoms with van der Waals surface area (Å²) >= 11 is 0.